The number of nitrogens with one attached hydrogen (secondary N) is 3. The lowest BCUT2D eigenvalue weighted by Crippen LogP contribution is -3.14. The van der Waals surface area contributed by atoms with Gasteiger partial charge in [-0.3, -0.25) is 9.59 Å². The van der Waals surface area contributed by atoms with E-state index in [1.807, 2.05) is 30.3 Å². The largest absolute Gasteiger partial charge is 0.346 e. The molecule has 2 aromatic carbocycles. The van der Waals surface area contributed by atoms with Crippen LogP contribution < -0.4 is 15.5 Å². The molecular weight excluding hydrogens is 418 g/mol. The number of hydrogen-bond acceptors (Lipinski definition) is 3. The first-order valence-electron chi connectivity index (χ1n) is 10.3. The van der Waals surface area contributed by atoms with Gasteiger partial charge in [0.1, 0.15) is 6.04 Å². The highest BCUT2D eigenvalue weighted by Gasteiger charge is 2.27. The molecule has 1 saturated heterocycles. The van der Waals surface area contributed by atoms with E-state index < -0.39 is 0 Å². The van der Waals surface area contributed by atoms with Crippen molar-refractivity contribution in [1.82, 2.24) is 5.32 Å². The summed E-state index contributed by atoms with van der Waals surface area (Å²) >= 11 is 7.59. The Balaban J connectivity index is 1.46. The van der Waals surface area contributed by atoms with Crippen molar-refractivity contribution in [3.05, 3.63) is 63.5 Å². The van der Waals surface area contributed by atoms with Crippen molar-refractivity contribution in [3.63, 3.8) is 0 Å². The van der Waals surface area contributed by atoms with Crippen LogP contribution in [0.5, 0.6) is 0 Å². The minimum absolute atomic E-state index is 0.100. The first kappa shape index (κ1) is 21.0. The Morgan fingerprint density at radius 2 is 2.17 bits per heavy atom. The molecule has 0 aromatic heterocycles. The lowest BCUT2D eigenvalue weighted by atomic mass is 10.1. The van der Waals surface area contributed by atoms with Crippen molar-refractivity contribution in [2.45, 2.75) is 30.7 Å². The van der Waals surface area contributed by atoms with E-state index in [2.05, 4.69) is 17.6 Å². The van der Waals surface area contributed by atoms with Gasteiger partial charge in [0.25, 0.3) is 11.8 Å². The minimum atomic E-state index is -0.196. The molecule has 156 valence electrons. The number of halogens is 1. The molecule has 2 unspecified atom stereocenters. The second-order valence-electron chi connectivity index (χ2n) is 7.61. The smallest absolute Gasteiger partial charge is 0.262 e. The van der Waals surface area contributed by atoms with Crippen LogP contribution in [-0.2, 0) is 4.79 Å². The van der Waals surface area contributed by atoms with Crippen LogP contribution in [0.25, 0.3) is 6.08 Å². The zero-order valence-electron chi connectivity index (χ0n) is 16.8. The van der Waals surface area contributed by atoms with Crippen LogP contribution in [0.1, 0.15) is 35.7 Å². The molecule has 4 rings (SSSR count). The van der Waals surface area contributed by atoms with Crippen molar-refractivity contribution >= 4 is 46.9 Å². The number of amides is 2. The summed E-state index contributed by atoms with van der Waals surface area (Å²) in [5.74, 6) is -0.296. The number of fused-ring (bicyclic) bond motifs is 1. The van der Waals surface area contributed by atoms with Crippen LogP contribution in [0.15, 0.2) is 52.3 Å². The average Bonchev–Trinajstić information content (AvgIpc) is 3.21. The summed E-state index contributed by atoms with van der Waals surface area (Å²) in [5.41, 5.74) is 2.02. The first-order chi connectivity index (χ1) is 14.5. The number of likely N-dealkylation sites (N-methyl/N-ethyl adjacent to an activating group) is 1. The highest BCUT2D eigenvalue weighted by Crippen LogP contribution is 2.39. The third kappa shape index (κ3) is 4.56. The van der Waals surface area contributed by atoms with Crippen LogP contribution in [-0.4, -0.2) is 37.5 Å². The Morgan fingerprint density at radius 3 is 2.97 bits per heavy atom. The third-order valence-corrected chi connectivity index (χ3v) is 7.16. The molecule has 0 radical (unpaired) electrons. The van der Waals surface area contributed by atoms with Crippen LogP contribution in [0.4, 0.5) is 5.69 Å². The number of thioether (sulfide) groups is 1. The third-order valence-electron chi connectivity index (χ3n) is 5.72. The van der Waals surface area contributed by atoms with Gasteiger partial charge in [0.15, 0.2) is 0 Å². The summed E-state index contributed by atoms with van der Waals surface area (Å²) in [6, 6.07) is 13.3. The fourth-order valence-corrected chi connectivity index (χ4v) is 5.16. The fourth-order valence-electron chi connectivity index (χ4n) is 4.05. The molecule has 7 heteroatoms. The van der Waals surface area contributed by atoms with Gasteiger partial charge in [-0.15, -0.1) is 0 Å². The summed E-state index contributed by atoms with van der Waals surface area (Å²) in [4.78, 5) is 28.2. The second-order valence-corrected chi connectivity index (χ2v) is 9.10. The number of hydrogen-bond donors (Lipinski definition) is 3. The van der Waals surface area contributed by atoms with Crippen LogP contribution in [0, 0.1) is 0 Å². The molecule has 1 fully saturated rings. The fraction of sp³-hybridized carbons (Fsp3) is 0.304. The number of carbonyl (C=O) groups excluding carboxylic acids is 2. The summed E-state index contributed by atoms with van der Waals surface area (Å²) in [5, 5.41) is 6.57. The first-order valence-corrected chi connectivity index (χ1v) is 11.5. The number of carbonyl (C=O) groups is 2. The van der Waals surface area contributed by atoms with Gasteiger partial charge in [0.05, 0.1) is 30.2 Å². The molecule has 0 saturated carbocycles. The number of quaternary nitrogens is 1. The van der Waals surface area contributed by atoms with Crippen molar-refractivity contribution in [2.24, 2.45) is 0 Å². The van der Waals surface area contributed by atoms with Gasteiger partial charge in [-0.25, -0.2) is 0 Å². The molecule has 5 nitrogen and oxygen atoms in total. The SMILES string of the molecule is CC[NH+]1CCCC1CNC(=O)c1ccc2c(c1)NC(=O)C(=Cc1ccccc1Cl)S2. The lowest BCUT2D eigenvalue weighted by Gasteiger charge is -2.21. The van der Waals surface area contributed by atoms with E-state index in [0.717, 1.165) is 23.4 Å². The minimum Gasteiger partial charge on any atom is -0.346 e. The molecule has 2 aromatic rings. The van der Waals surface area contributed by atoms with Crippen molar-refractivity contribution in [2.75, 3.05) is 25.0 Å². The Labute approximate surface area is 185 Å². The maximum Gasteiger partial charge on any atom is 0.262 e. The lowest BCUT2D eigenvalue weighted by molar-refractivity contribution is -0.909. The summed E-state index contributed by atoms with van der Waals surface area (Å²) in [7, 11) is 0. The maximum atomic E-state index is 12.6. The Hall–Kier alpha value is -2.28. The Morgan fingerprint density at radius 1 is 1.33 bits per heavy atom. The molecule has 3 N–H and O–H groups in total. The second kappa shape index (κ2) is 9.25. The quantitative estimate of drug-likeness (QED) is 0.623. The maximum absolute atomic E-state index is 12.6. The standard InChI is InChI=1S/C23H24ClN3O2S/c1-2-27-11-5-7-17(27)14-25-22(28)16-9-10-20-19(12-16)26-23(29)21(30-20)13-15-6-3-4-8-18(15)24/h3-4,6,8-10,12-13,17H,2,5,7,11,14H2,1H3,(H,25,28)(H,26,29)/p+1. The van der Waals surface area contributed by atoms with E-state index in [1.54, 1.807) is 23.1 Å². The van der Waals surface area contributed by atoms with Gasteiger partial charge >= 0.3 is 0 Å². The molecule has 0 spiro atoms. The van der Waals surface area contributed by atoms with Gasteiger partial charge < -0.3 is 15.5 Å². The van der Waals surface area contributed by atoms with Gasteiger partial charge in [-0.05, 0) is 42.8 Å². The topological polar surface area (TPSA) is 62.6 Å². The molecule has 2 aliphatic rings. The predicted molar refractivity (Wildman–Crippen MR) is 122 cm³/mol. The van der Waals surface area contributed by atoms with Gasteiger partial charge in [-0.2, -0.15) is 0 Å². The molecule has 2 atom stereocenters. The van der Waals surface area contributed by atoms with Crippen molar-refractivity contribution in [1.29, 1.82) is 0 Å². The van der Waals surface area contributed by atoms with Crippen LogP contribution in [0.3, 0.4) is 0 Å². The monoisotopic (exact) mass is 442 g/mol. The van der Waals surface area contributed by atoms with Gasteiger partial charge in [0, 0.05) is 28.3 Å². The van der Waals surface area contributed by atoms with E-state index in [-0.39, 0.29) is 11.8 Å². The molecule has 2 aliphatic heterocycles. The van der Waals surface area contributed by atoms with Crippen molar-refractivity contribution in [3.8, 4) is 0 Å². The summed E-state index contributed by atoms with van der Waals surface area (Å²) in [6.07, 6.45) is 4.16. The molecule has 2 heterocycles. The zero-order chi connectivity index (χ0) is 21.1. The van der Waals surface area contributed by atoms with Crippen LogP contribution in [0.2, 0.25) is 5.02 Å². The number of rotatable bonds is 5. The normalized spacial score (nSPS) is 21.9. The van der Waals surface area contributed by atoms with E-state index in [9.17, 15) is 9.59 Å². The molecule has 0 aliphatic carbocycles. The summed E-state index contributed by atoms with van der Waals surface area (Å²) < 4.78 is 0. The zero-order valence-corrected chi connectivity index (χ0v) is 18.4. The summed E-state index contributed by atoms with van der Waals surface area (Å²) in [6.45, 7) is 5.15. The van der Waals surface area contributed by atoms with E-state index in [1.165, 1.54) is 24.7 Å². The van der Waals surface area contributed by atoms with Gasteiger partial charge in [-0.1, -0.05) is 41.6 Å². The molecule has 0 bridgehead atoms. The number of benzene rings is 2. The molecule has 30 heavy (non-hydrogen) atoms. The van der Waals surface area contributed by atoms with E-state index >= 15 is 0 Å². The number of likely N-dealkylation sites (tertiary alicyclic amines) is 1. The van der Waals surface area contributed by atoms with Crippen LogP contribution >= 0.6 is 23.4 Å². The van der Waals surface area contributed by atoms with Crippen molar-refractivity contribution < 1.29 is 14.5 Å². The van der Waals surface area contributed by atoms with Gasteiger partial charge in [0.2, 0.25) is 0 Å². The highest BCUT2D eigenvalue weighted by molar-refractivity contribution is 8.04. The van der Waals surface area contributed by atoms with E-state index in [0.29, 0.717) is 33.8 Å². The number of anilines is 1. The molecular formula is C23H25ClN3O2S+. The average molecular weight is 443 g/mol. The Kier molecular flexibility index (Phi) is 6.46. The molecule has 2 amide bonds. The highest BCUT2D eigenvalue weighted by atomic mass is 35.5. The predicted octanol–water partition coefficient (Wildman–Crippen LogP) is 3.22. The van der Waals surface area contributed by atoms with E-state index in [4.69, 9.17) is 11.6 Å². The Bertz CT molecular complexity index is 1010.